The summed E-state index contributed by atoms with van der Waals surface area (Å²) in [6.07, 6.45) is 0. The highest BCUT2D eigenvalue weighted by Gasteiger charge is 2.23. The lowest BCUT2D eigenvalue weighted by atomic mass is 10.1. The first-order valence-corrected chi connectivity index (χ1v) is 7.40. The summed E-state index contributed by atoms with van der Waals surface area (Å²) in [5.41, 5.74) is 0.984. The fraction of sp³-hybridized carbons (Fsp3) is 0.267. The van der Waals surface area contributed by atoms with Crippen molar-refractivity contribution in [1.82, 2.24) is 4.98 Å². The Morgan fingerprint density at radius 1 is 1.36 bits per heavy atom. The summed E-state index contributed by atoms with van der Waals surface area (Å²) in [6, 6.07) is 7.08. The zero-order chi connectivity index (χ0) is 16.3. The van der Waals surface area contributed by atoms with Crippen LogP contribution in [0.1, 0.15) is 33.2 Å². The van der Waals surface area contributed by atoms with Crippen molar-refractivity contribution in [3.05, 3.63) is 39.8 Å². The van der Waals surface area contributed by atoms with Crippen molar-refractivity contribution < 1.29 is 19.4 Å². The molecule has 116 valence electrons. The first-order chi connectivity index (χ1) is 10.4. The van der Waals surface area contributed by atoms with Gasteiger partial charge in [-0.3, -0.25) is 4.79 Å². The Bertz CT molecular complexity index is 711. The van der Waals surface area contributed by atoms with Crippen LogP contribution in [-0.2, 0) is 4.79 Å². The van der Waals surface area contributed by atoms with Gasteiger partial charge in [-0.05, 0) is 26.0 Å². The molecule has 2 N–H and O–H groups in total. The lowest BCUT2D eigenvalue weighted by Crippen LogP contribution is -2.19. The zero-order valence-electron chi connectivity index (χ0n) is 12.4. The Hall–Kier alpha value is -2.41. The number of carboxylic acid groups (broad SMARTS) is 1. The lowest BCUT2D eigenvalue weighted by molar-refractivity contribution is -0.117. The number of aryl methyl sites for hydroxylation is 1. The standard InChI is InChI=1S/C15H16N2O4S/c1-8(14-16-9(2)12(22-14)15(19)20)13(18)17-10-6-4-5-7-11(10)21-3/h4-8H,1-3H3,(H,17,18)(H,19,20)/t8-/m1/s1. The van der Waals surface area contributed by atoms with Gasteiger partial charge in [0.1, 0.15) is 15.6 Å². The molecule has 1 aromatic heterocycles. The predicted molar refractivity (Wildman–Crippen MR) is 83.8 cm³/mol. The van der Waals surface area contributed by atoms with Crippen LogP contribution in [0.4, 0.5) is 5.69 Å². The van der Waals surface area contributed by atoms with E-state index in [1.54, 1.807) is 38.1 Å². The summed E-state index contributed by atoms with van der Waals surface area (Å²) in [5.74, 6) is -1.29. The largest absolute Gasteiger partial charge is 0.495 e. The van der Waals surface area contributed by atoms with Crippen molar-refractivity contribution in [2.75, 3.05) is 12.4 Å². The highest BCUT2D eigenvalue weighted by molar-refractivity contribution is 7.13. The minimum absolute atomic E-state index is 0.159. The summed E-state index contributed by atoms with van der Waals surface area (Å²) >= 11 is 1.02. The fourth-order valence-corrected chi connectivity index (χ4v) is 2.86. The Morgan fingerprint density at radius 3 is 2.64 bits per heavy atom. The van der Waals surface area contributed by atoms with Crippen LogP contribution in [0.15, 0.2) is 24.3 Å². The molecule has 1 atom stereocenters. The van der Waals surface area contributed by atoms with Gasteiger partial charge in [0, 0.05) is 0 Å². The van der Waals surface area contributed by atoms with E-state index in [9.17, 15) is 9.59 Å². The number of carboxylic acids is 1. The topological polar surface area (TPSA) is 88.5 Å². The number of rotatable bonds is 5. The molecular formula is C15H16N2O4S. The number of anilines is 1. The van der Waals surface area contributed by atoms with Gasteiger partial charge in [0.15, 0.2) is 0 Å². The molecule has 1 amide bonds. The second-order valence-corrected chi connectivity index (χ2v) is 5.71. The molecule has 0 aliphatic carbocycles. The number of aromatic nitrogens is 1. The predicted octanol–water partition coefficient (Wildman–Crippen LogP) is 2.90. The third kappa shape index (κ3) is 3.25. The van der Waals surface area contributed by atoms with E-state index in [-0.39, 0.29) is 10.8 Å². The third-order valence-electron chi connectivity index (χ3n) is 3.14. The van der Waals surface area contributed by atoms with Crippen molar-refractivity contribution in [3.63, 3.8) is 0 Å². The van der Waals surface area contributed by atoms with Gasteiger partial charge in [0.2, 0.25) is 5.91 Å². The lowest BCUT2D eigenvalue weighted by Gasteiger charge is -2.12. The quantitative estimate of drug-likeness (QED) is 0.884. The highest BCUT2D eigenvalue weighted by atomic mass is 32.1. The van der Waals surface area contributed by atoms with Crippen LogP contribution in [-0.4, -0.2) is 29.1 Å². The van der Waals surface area contributed by atoms with E-state index in [2.05, 4.69) is 10.3 Å². The SMILES string of the molecule is COc1ccccc1NC(=O)[C@@H](C)c1nc(C)c(C(=O)O)s1. The Labute approximate surface area is 131 Å². The molecule has 6 nitrogen and oxygen atoms in total. The van der Waals surface area contributed by atoms with Gasteiger partial charge in [-0.2, -0.15) is 0 Å². The van der Waals surface area contributed by atoms with Gasteiger partial charge in [0.05, 0.1) is 24.4 Å². The van der Waals surface area contributed by atoms with Crippen LogP contribution >= 0.6 is 11.3 Å². The average Bonchev–Trinajstić information content (AvgIpc) is 2.89. The van der Waals surface area contributed by atoms with Crippen molar-refractivity contribution in [2.24, 2.45) is 0 Å². The number of hydrogen-bond acceptors (Lipinski definition) is 5. The number of methoxy groups -OCH3 is 1. The molecule has 0 saturated heterocycles. The molecule has 1 aromatic carbocycles. The molecule has 0 aliphatic heterocycles. The maximum atomic E-state index is 12.3. The molecule has 0 fully saturated rings. The van der Waals surface area contributed by atoms with Crippen LogP contribution < -0.4 is 10.1 Å². The van der Waals surface area contributed by atoms with Gasteiger partial charge in [-0.15, -0.1) is 11.3 Å². The number of carbonyl (C=O) groups is 2. The molecule has 0 saturated carbocycles. The first kappa shape index (κ1) is 16.0. The number of nitrogens with zero attached hydrogens (tertiary/aromatic N) is 1. The molecule has 0 radical (unpaired) electrons. The number of carbonyl (C=O) groups excluding carboxylic acids is 1. The van der Waals surface area contributed by atoms with E-state index in [1.807, 2.05) is 0 Å². The number of hydrogen-bond donors (Lipinski definition) is 2. The molecule has 22 heavy (non-hydrogen) atoms. The first-order valence-electron chi connectivity index (χ1n) is 6.58. The summed E-state index contributed by atoms with van der Waals surface area (Å²) in [5, 5.41) is 12.3. The van der Waals surface area contributed by atoms with Crippen LogP contribution in [0.3, 0.4) is 0 Å². The van der Waals surface area contributed by atoms with Gasteiger partial charge < -0.3 is 15.2 Å². The zero-order valence-corrected chi connectivity index (χ0v) is 13.2. The Balaban J connectivity index is 2.19. The number of nitrogens with one attached hydrogen (secondary N) is 1. The normalized spacial score (nSPS) is 11.8. The molecule has 1 heterocycles. The maximum absolute atomic E-state index is 12.3. The number of ether oxygens (including phenoxy) is 1. The average molecular weight is 320 g/mol. The second kappa shape index (κ2) is 6.57. The highest BCUT2D eigenvalue weighted by Crippen LogP contribution is 2.28. The minimum atomic E-state index is -1.03. The molecule has 2 aromatic rings. The van der Waals surface area contributed by atoms with Gasteiger partial charge in [0.25, 0.3) is 0 Å². The minimum Gasteiger partial charge on any atom is -0.495 e. The number of para-hydroxylation sites is 2. The molecule has 0 unspecified atom stereocenters. The Kier molecular flexibility index (Phi) is 4.77. The second-order valence-electron chi connectivity index (χ2n) is 4.68. The molecule has 2 rings (SSSR count). The van der Waals surface area contributed by atoms with Crippen molar-refractivity contribution in [3.8, 4) is 5.75 Å². The molecule has 7 heteroatoms. The summed E-state index contributed by atoms with van der Waals surface area (Å²) < 4.78 is 5.18. The van der Waals surface area contributed by atoms with Gasteiger partial charge in [-0.1, -0.05) is 12.1 Å². The molecular weight excluding hydrogens is 304 g/mol. The van der Waals surface area contributed by atoms with Crippen LogP contribution in [0.25, 0.3) is 0 Å². The van der Waals surface area contributed by atoms with E-state index in [0.29, 0.717) is 22.1 Å². The maximum Gasteiger partial charge on any atom is 0.347 e. The van der Waals surface area contributed by atoms with Crippen molar-refractivity contribution in [1.29, 1.82) is 0 Å². The van der Waals surface area contributed by atoms with Gasteiger partial charge >= 0.3 is 5.97 Å². The summed E-state index contributed by atoms with van der Waals surface area (Å²) in [4.78, 5) is 27.7. The van der Waals surface area contributed by atoms with E-state index >= 15 is 0 Å². The number of thiazole rings is 1. The fourth-order valence-electron chi connectivity index (χ4n) is 1.90. The van der Waals surface area contributed by atoms with Crippen LogP contribution in [0.2, 0.25) is 0 Å². The van der Waals surface area contributed by atoms with Gasteiger partial charge in [-0.25, -0.2) is 9.78 Å². The summed E-state index contributed by atoms with van der Waals surface area (Å²) in [6.45, 7) is 3.31. The molecule has 0 spiro atoms. The van der Waals surface area contributed by atoms with Crippen LogP contribution in [0, 0.1) is 6.92 Å². The summed E-state index contributed by atoms with van der Waals surface area (Å²) in [7, 11) is 1.53. The number of benzene rings is 1. The number of amides is 1. The smallest absolute Gasteiger partial charge is 0.347 e. The van der Waals surface area contributed by atoms with E-state index in [4.69, 9.17) is 9.84 Å². The van der Waals surface area contributed by atoms with Crippen molar-refractivity contribution >= 4 is 28.9 Å². The molecule has 0 aliphatic rings. The van der Waals surface area contributed by atoms with E-state index < -0.39 is 11.9 Å². The van der Waals surface area contributed by atoms with Crippen molar-refractivity contribution in [2.45, 2.75) is 19.8 Å². The van der Waals surface area contributed by atoms with E-state index in [0.717, 1.165) is 11.3 Å². The third-order valence-corrected chi connectivity index (χ3v) is 4.46. The molecule has 0 bridgehead atoms. The number of aromatic carboxylic acids is 1. The van der Waals surface area contributed by atoms with E-state index in [1.165, 1.54) is 7.11 Å². The van der Waals surface area contributed by atoms with Crippen LogP contribution in [0.5, 0.6) is 5.75 Å². The monoisotopic (exact) mass is 320 g/mol. The Morgan fingerprint density at radius 2 is 2.05 bits per heavy atom.